The molecule has 0 saturated carbocycles. The Morgan fingerprint density at radius 3 is 2.66 bits per heavy atom. The molecule has 2 atom stereocenters. The Balaban J connectivity index is 1.35. The standard InChI is InChI=1S/C22H26F3N5O5/c23-22(24,25)20-27-18(28-35-20)15-3-5-16(6-4-15)19(32)26-10-17-13-34-9-8-30(17)21(33)29-7-1-2-14(11-29)12-31/h3-6,14,17,31H,1-2,7-13H2,(H,26,32)/t14?,17-/m0/s1. The van der Waals surface area contributed by atoms with Crippen molar-refractivity contribution in [3.8, 4) is 11.4 Å². The SMILES string of the molecule is O=C(NC[C@H]1COCCN1C(=O)N1CCCC(CO)C1)c1ccc(-c2noc(C(F)(F)F)n2)cc1. The smallest absolute Gasteiger partial charge is 0.396 e. The van der Waals surface area contributed by atoms with Gasteiger partial charge in [0.15, 0.2) is 0 Å². The van der Waals surface area contributed by atoms with Crippen molar-refractivity contribution in [3.05, 3.63) is 35.7 Å². The number of carbonyl (C=O) groups is 2. The van der Waals surface area contributed by atoms with Crippen LogP contribution in [0.15, 0.2) is 28.8 Å². The molecule has 3 heterocycles. The molecule has 0 spiro atoms. The first-order chi connectivity index (χ1) is 16.8. The molecule has 0 radical (unpaired) electrons. The zero-order valence-corrected chi connectivity index (χ0v) is 18.8. The lowest BCUT2D eigenvalue weighted by molar-refractivity contribution is -0.159. The second-order valence-electron chi connectivity index (χ2n) is 8.55. The lowest BCUT2D eigenvalue weighted by Gasteiger charge is -2.41. The topological polar surface area (TPSA) is 121 Å². The summed E-state index contributed by atoms with van der Waals surface area (Å²) in [5.41, 5.74) is 0.547. The zero-order chi connectivity index (χ0) is 25.0. The predicted molar refractivity (Wildman–Crippen MR) is 115 cm³/mol. The van der Waals surface area contributed by atoms with E-state index in [0.717, 1.165) is 12.8 Å². The Hall–Kier alpha value is -3.19. The number of aliphatic hydroxyl groups excluding tert-OH is 1. The highest BCUT2D eigenvalue weighted by Crippen LogP contribution is 2.29. The molecule has 0 aliphatic carbocycles. The van der Waals surface area contributed by atoms with Gasteiger partial charge in [0.05, 0.1) is 19.3 Å². The molecule has 2 aliphatic rings. The largest absolute Gasteiger partial charge is 0.471 e. The number of halogens is 3. The fourth-order valence-corrected chi connectivity index (χ4v) is 4.18. The van der Waals surface area contributed by atoms with E-state index in [2.05, 4.69) is 20.0 Å². The van der Waals surface area contributed by atoms with Gasteiger partial charge in [-0.25, -0.2) is 4.79 Å². The fourth-order valence-electron chi connectivity index (χ4n) is 4.18. The Bertz CT molecular complexity index is 1030. The maximum atomic E-state index is 13.1. The molecule has 10 nitrogen and oxygen atoms in total. The van der Waals surface area contributed by atoms with E-state index >= 15 is 0 Å². The van der Waals surface area contributed by atoms with Gasteiger partial charge in [0, 0.05) is 43.9 Å². The Morgan fingerprint density at radius 2 is 1.97 bits per heavy atom. The first-order valence-electron chi connectivity index (χ1n) is 11.3. The van der Waals surface area contributed by atoms with Gasteiger partial charge in [0.25, 0.3) is 5.91 Å². The molecule has 35 heavy (non-hydrogen) atoms. The number of morpholine rings is 1. The second kappa shape index (κ2) is 10.6. The molecule has 1 aromatic carbocycles. The quantitative estimate of drug-likeness (QED) is 0.648. The number of urea groups is 1. The molecule has 190 valence electrons. The summed E-state index contributed by atoms with van der Waals surface area (Å²) in [7, 11) is 0. The van der Waals surface area contributed by atoms with Crippen molar-refractivity contribution in [2.75, 3.05) is 46.0 Å². The molecule has 2 aliphatic heterocycles. The highest BCUT2D eigenvalue weighted by molar-refractivity contribution is 5.94. The maximum absolute atomic E-state index is 13.1. The number of nitrogens with one attached hydrogen (secondary N) is 1. The Morgan fingerprint density at radius 1 is 1.20 bits per heavy atom. The zero-order valence-electron chi connectivity index (χ0n) is 18.8. The summed E-state index contributed by atoms with van der Waals surface area (Å²) in [6, 6.07) is 5.25. The van der Waals surface area contributed by atoms with Crippen LogP contribution in [0.5, 0.6) is 0 Å². The molecule has 2 N–H and O–H groups in total. The molecule has 2 fully saturated rings. The highest BCUT2D eigenvalue weighted by Gasteiger charge is 2.38. The van der Waals surface area contributed by atoms with Gasteiger partial charge in [-0.2, -0.15) is 18.2 Å². The number of aliphatic hydroxyl groups is 1. The summed E-state index contributed by atoms with van der Waals surface area (Å²) in [6.07, 6.45) is -3.02. The number of ether oxygens (including phenoxy) is 1. The van der Waals surface area contributed by atoms with Crippen LogP contribution in [-0.4, -0.2) is 89.0 Å². The second-order valence-corrected chi connectivity index (χ2v) is 8.55. The molecular weight excluding hydrogens is 471 g/mol. The number of likely N-dealkylation sites (tertiary alicyclic amines) is 1. The van der Waals surface area contributed by atoms with Gasteiger partial charge in [-0.3, -0.25) is 4.79 Å². The number of piperidine rings is 1. The number of rotatable bonds is 5. The van der Waals surface area contributed by atoms with Crippen LogP contribution < -0.4 is 5.32 Å². The van der Waals surface area contributed by atoms with E-state index < -0.39 is 18.0 Å². The summed E-state index contributed by atoms with van der Waals surface area (Å²) < 4.78 is 47.7. The molecule has 13 heteroatoms. The average Bonchev–Trinajstić information content (AvgIpc) is 3.38. The van der Waals surface area contributed by atoms with Crippen LogP contribution in [-0.2, 0) is 10.9 Å². The molecular formula is C22H26F3N5O5. The van der Waals surface area contributed by atoms with Crippen molar-refractivity contribution in [2.45, 2.75) is 25.1 Å². The van der Waals surface area contributed by atoms with Crippen LogP contribution in [0.3, 0.4) is 0 Å². The average molecular weight is 497 g/mol. The molecule has 2 saturated heterocycles. The molecule has 1 unspecified atom stereocenters. The van der Waals surface area contributed by atoms with Gasteiger partial charge in [0.1, 0.15) is 0 Å². The number of aromatic nitrogens is 2. The number of hydrogen-bond acceptors (Lipinski definition) is 7. The lowest BCUT2D eigenvalue weighted by atomic mass is 9.99. The highest BCUT2D eigenvalue weighted by atomic mass is 19.4. The summed E-state index contributed by atoms with van der Waals surface area (Å²) in [6.45, 7) is 2.43. The molecule has 4 rings (SSSR count). The minimum Gasteiger partial charge on any atom is -0.396 e. The molecule has 3 amide bonds. The molecule has 1 aromatic heterocycles. The number of benzene rings is 1. The minimum absolute atomic E-state index is 0.0430. The van der Waals surface area contributed by atoms with Crippen molar-refractivity contribution in [1.29, 1.82) is 0 Å². The Labute approximate surface area is 199 Å². The van der Waals surface area contributed by atoms with E-state index in [1.54, 1.807) is 9.80 Å². The first-order valence-corrected chi connectivity index (χ1v) is 11.3. The number of hydrogen-bond donors (Lipinski definition) is 2. The van der Waals surface area contributed by atoms with Gasteiger partial charge in [-0.1, -0.05) is 17.3 Å². The summed E-state index contributed by atoms with van der Waals surface area (Å²) in [5, 5.41) is 15.6. The molecule has 2 aromatic rings. The maximum Gasteiger partial charge on any atom is 0.471 e. The normalized spacial score (nSPS) is 21.1. The first kappa shape index (κ1) is 24.9. The van der Waals surface area contributed by atoms with E-state index in [-0.39, 0.29) is 54.7 Å². The van der Waals surface area contributed by atoms with Crippen molar-refractivity contribution >= 4 is 11.9 Å². The third-order valence-corrected chi connectivity index (χ3v) is 6.09. The van der Waals surface area contributed by atoms with Crippen LogP contribution in [0.1, 0.15) is 29.1 Å². The van der Waals surface area contributed by atoms with Crippen molar-refractivity contribution in [1.82, 2.24) is 25.3 Å². The van der Waals surface area contributed by atoms with Gasteiger partial charge in [-0.05, 0) is 30.9 Å². The summed E-state index contributed by atoms with van der Waals surface area (Å²) >= 11 is 0. The number of alkyl halides is 3. The number of carbonyl (C=O) groups excluding carboxylic acids is 2. The van der Waals surface area contributed by atoms with E-state index in [0.29, 0.717) is 26.2 Å². The van der Waals surface area contributed by atoms with E-state index in [4.69, 9.17) is 4.74 Å². The van der Waals surface area contributed by atoms with Crippen molar-refractivity contribution in [2.24, 2.45) is 5.92 Å². The molecule has 0 bridgehead atoms. The van der Waals surface area contributed by atoms with E-state index in [1.165, 1.54) is 24.3 Å². The van der Waals surface area contributed by atoms with Crippen molar-refractivity contribution < 1.29 is 37.1 Å². The number of nitrogens with zero attached hydrogens (tertiary/aromatic N) is 4. The third kappa shape index (κ3) is 5.90. The van der Waals surface area contributed by atoms with Gasteiger partial charge in [0.2, 0.25) is 5.82 Å². The van der Waals surface area contributed by atoms with Crippen LogP contribution >= 0.6 is 0 Å². The van der Waals surface area contributed by atoms with Gasteiger partial charge < -0.3 is 29.5 Å². The van der Waals surface area contributed by atoms with Crippen molar-refractivity contribution in [3.63, 3.8) is 0 Å². The Kier molecular flexibility index (Phi) is 7.55. The predicted octanol–water partition coefficient (Wildman–Crippen LogP) is 2.01. The minimum atomic E-state index is -4.74. The fraction of sp³-hybridized carbons (Fsp3) is 0.545. The van der Waals surface area contributed by atoms with Crippen LogP contribution in [0.4, 0.5) is 18.0 Å². The monoisotopic (exact) mass is 497 g/mol. The lowest BCUT2D eigenvalue weighted by Crippen LogP contribution is -2.58. The van der Waals surface area contributed by atoms with Crippen LogP contribution in [0, 0.1) is 5.92 Å². The number of amides is 3. The van der Waals surface area contributed by atoms with E-state index in [1.807, 2.05) is 0 Å². The summed E-state index contributed by atoms with van der Waals surface area (Å²) in [5.74, 6) is -2.02. The van der Waals surface area contributed by atoms with Crippen LogP contribution in [0.2, 0.25) is 0 Å². The van der Waals surface area contributed by atoms with Gasteiger partial charge in [-0.15, -0.1) is 0 Å². The van der Waals surface area contributed by atoms with Crippen LogP contribution in [0.25, 0.3) is 11.4 Å². The summed E-state index contributed by atoms with van der Waals surface area (Å²) in [4.78, 5) is 32.5. The van der Waals surface area contributed by atoms with Gasteiger partial charge >= 0.3 is 18.1 Å². The van der Waals surface area contributed by atoms with E-state index in [9.17, 15) is 27.9 Å². The third-order valence-electron chi connectivity index (χ3n) is 6.09.